The average molecular weight is 281 g/mol. The van der Waals surface area contributed by atoms with E-state index >= 15 is 0 Å². The number of nitro benzene ring substituents is 1. The molecule has 0 aliphatic carbocycles. The van der Waals surface area contributed by atoms with Crippen LogP contribution in [0.4, 0.5) is 10.1 Å². The molecule has 106 valence electrons. The lowest BCUT2D eigenvalue weighted by Gasteiger charge is -2.32. The standard InChI is InChI=1S/C12H12FN3O4/c1-7-11(17)14-4-5-15(7)12(18)9-3-2-8(13)6-10(9)16(19)20/h2-3,6-7H,4-5H2,1H3,(H,14,17). The molecule has 2 rings (SSSR count). The minimum Gasteiger partial charge on any atom is -0.353 e. The number of carbonyl (C=O) groups excluding carboxylic acids is 2. The number of hydrogen-bond donors (Lipinski definition) is 1. The van der Waals surface area contributed by atoms with Gasteiger partial charge in [-0.3, -0.25) is 19.7 Å². The van der Waals surface area contributed by atoms with Gasteiger partial charge in [0.1, 0.15) is 17.4 Å². The maximum Gasteiger partial charge on any atom is 0.285 e. The molecule has 0 aromatic heterocycles. The Morgan fingerprint density at radius 2 is 2.25 bits per heavy atom. The second kappa shape index (κ2) is 5.24. The Morgan fingerprint density at radius 1 is 1.55 bits per heavy atom. The lowest BCUT2D eigenvalue weighted by molar-refractivity contribution is -0.385. The van der Waals surface area contributed by atoms with Gasteiger partial charge >= 0.3 is 0 Å². The van der Waals surface area contributed by atoms with Gasteiger partial charge < -0.3 is 10.2 Å². The van der Waals surface area contributed by atoms with Crippen molar-refractivity contribution in [2.75, 3.05) is 13.1 Å². The molecule has 0 radical (unpaired) electrons. The van der Waals surface area contributed by atoms with Crippen molar-refractivity contribution in [1.82, 2.24) is 10.2 Å². The molecular formula is C12H12FN3O4. The largest absolute Gasteiger partial charge is 0.353 e. The van der Waals surface area contributed by atoms with E-state index in [0.29, 0.717) is 6.07 Å². The molecule has 0 spiro atoms. The lowest BCUT2D eigenvalue weighted by atomic mass is 10.1. The molecule has 1 fully saturated rings. The Balaban J connectivity index is 2.38. The van der Waals surface area contributed by atoms with Crippen LogP contribution in [-0.2, 0) is 4.79 Å². The van der Waals surface area contributed by atoms with Crippen molar-refractivity contribution >= 4 is 17.5 Å². The molecule has 1 saturated heterocycles. The van der Waals surface area contributed by atoms with E-state index in [1.807, 2.05) is 0 Å². The Bertz CT molecular complexity index is 590. The first kappa shape index (κ1) is 13.9. The maximum absolute atomic E-state index is 13.1. The fourth-order valence-corrected chi connectivity index (χ4v) is 2.05. The molecule has 0 saturated carbocycles. The number of rotatable bonds is 2. The van der Waals surface area contributed by atoms with E-state index in [1.165, 1.54) is 11.8 Å². The van der Waals surface area contributed by atoms with E-state index in [1.54, 1.807) is 0 Å². The third-order valence-electron chi connectivity index (χ3n) is 3.15. The first-order valence-electron chi connectivity index (χ1n) is 5.94. The normalized spacial score (nSPS) is 18.6. The number of carbonyl (C=O) groups is 2. The molecular weight excluding hydrogens is 269 g/mol. The highest BCUT2D eigenvalue weighted by molar-refractivity contribution is 6.01. The number of nitro groups is 1. The van der Waals surface area contributed by atoms with Gasteiger partial charge in [0.25, 0.3) is 11.6 Å². The van der Waals surface area contributed by atoms with Crippen LogP contribution in [0.3, 0.4) is 0 Å². The highest BCUT2D eigenvalue weighted by atomic mass is 19.1. The molecule has 1 aliphatic heterocycles. The third-order valence-corrected chi connectivity index (χ3v) is 3.15. The monoisotopic (exact) mass is 281 g/mol. The van der Waals surface area contributed by atoms with Crippen molar-refractivity contribution in [3.05, 3.63) is 39.7 Å². The molecule has 1 atom stereocenters. The summed E-state index contributed by atoms with van der Waals surface area (Å²) in [4.78, 5) is 35.1. The van der Waals surface area contributed by atoms with Gasteiger partial charge in [0.15, 0.2) is 0 Å². The van der Waals surface area contributed by atoms with Crippen LogP contribution in [0.1, 0.15) is 17.3 Å². The van der Waals surface area contributed by atoms with E-state index in [-0.39, 0.29) is 24.6 Å². The van der Waals surface area contributed by atoms with Gasteiger partial charge in [-0.15, -0.1) is 0 Å². The minimum atomic E-state index is -0.814. The van der Waals surface area contributed by atoms with Crippen LogP contribution in [0.5, 0.6) is 0 Å². The highest BCUT2D eigenvalue weighted by Gasteiger charge is 2.33. The summed E-state index contributed by atoms with van der Waals surface area (Å²) in [6.45, 7) is 2.06. The summed E-state index contributed by atoms with van der Waals surface area (Å²) in [5.74, 6) is -1.77. The Morgan fingerprint density at radius 3 is 2.90 bits per heavy atom. The number of benzene rings is 1. The minimum absolute atomic E-state index is 0.224. The quantitative estimate of drug-likeness (QED) is 0.637. The van der Waals surface area contributed by atoms with Crippen LogP contribution in [0.15, 0.2) is 18.2 Å². The van der Waals surface area contributed by atoms with Crippen LogP contribution in [-0.4, -0.2) is 40.8 Å². The third kappa shape index (κ3) is 2.44. The second-order valence-electron chi connectivity index (χ2n) is 4.38. The molecule has 1 N–H and O–H groups in total. The van der Waals surface area contributed by atoms with Gasteiger partial charge in [-0.1, -0.05) is 0 Å². The van der Waals surface area contributed by atoms with Crippen LogP contribution < -0.4 is 5.32 Å². The Kier molecular flexibility index (Phi) is 3.64. The molecule has 0 bridgehead atoms. The van der Waals surface area contributed by atoms with E-state index in [9.17, 15) is 24.1 Å². The summed E-state index contributed by atoms with van der Waals surface area (Å²) in [6.07, 6.45) is 0. The second-order valence-corrected chi connectivity index (χ2v) is 4.38. The molecule has 2 amide bonds. The molecule has 1 heterocycles. The fourth-order valence-electron chi connectivity index (χ4n) is 2.05. The SMILES string of the molecule is CC1C(=O)NCCN1C(=O)c1ccc(F)cc1[N+](=O)[O-]. The average Bonchev–Trinajstić information content (AvgIpc) is 2.41. The van der Waals surface area contributed by atoms with E-state index < -0.39 is 28.4 Å². The zero-order chi connectivity index (χ0) is 14.9. The number of piperazine rings is 1. The summed E-state index contributed by atoms with van der Waals surface area (Å²) in [7, 11) is 0. The summed E-state index contributed by atoms with van der Waals surface area (Å²) < 4.78 is 13.1. The zero-order valence-electron chi connectivity index (χ0n) is 10.6. The van der Waals surface area contributed by atoms with E-state index in [0.717, 1.165) is 12.1 Å². The van der Waals surface area contributed by atoms with Gasteiger partial charge in [-0.25, -0.2) is 4.39 Å². The molecule has 1 aromatic carbocycles. The summed E-state index contributed by atoms with van der Waals surface area (Å²) in [5, 5.41) is 13.5. The van der Waals surface area contributed by atoms with Crippen molar-refractivity contribution in [3.8, 4) is 0 Å². The van der Waals surface area contributed by atoms with Gasteiger partial charge in [-0.2, -0.15) is 0 Å². The predicted octanol–water partition coefficient (Wildman–Crippen LogP) is 0.694. The molecule has 7 nitrogen and oxygen atoms in total. The number of hydrogen-bond acceptors (Lipinski definition) is 4. The lowest BCUT2D eigenvalue weighted by Crippen LogP contribution is -2.55. The molecule has 1 aromatic rings. The molecule has 8 heteroatoms. The number of halogens is 1. The summed E-state index contributed by atoms with van der Waals surface area (Å²) in [6, 6.07) is 2.02. The topological polar surface area (TPSA) is 92.6 Å². The van der Waals surface area contributed by atoms with E-state index in [2.05, 4.69) is 5.32 Å². The van der Waals surface area contributed by atoms with Crippen LogP contribution in [0, 0.1) is 15.9 Å². The maximum atomic E-state index is 13.1. The van der Waals surface area contributed by atoms with Crippen LogP contribution in [0.2, 0.25) is 0 Å². The number of amides is 2. The van der Waals surface area contributed by atoms with E-state index in [4.69, 9.17) is 0 Å². The Labute approximate surface area is 113 Å². The highest BCUT2D eigenvalue weighted by Crippen LogP contribution is 2.22. The summed E-state index contributed by atoms with van der Waals surface area (Å²) in [5.41, 5.74) is -0.828. The van der Waals surface area contributed by atoms with Crippen molar-refractivity contribution in [1.29, 1.82) is 0 Å². The van der Waals surface area contributed by atoms with Gasteiger partial charge in [0, 0.05) is 13.1 Å². The molecule has 1 aliphatic rings. The molecule has 20 heavy (non-hydrogen) atoms. The number of nitrogens with zero attached hydrogens (tertiary/aromatic N) is 2. The van der Waals surface area contributed by atoms with Crippen molar-refractivity contribution < 1.29 is 18.9 Å². The number of nitrogens with one attached hydrogen (secondary N) is 1. The van der Waals surface area contributed by atoms with Crippen LogP contribution in [0.25, 0.3) is 0 Å². The van der Waals surface area contributed by atoms with Crippen molar-refractivity contribution in [2.45, 2.75) is 13.0 Å². The van der Waals surface area contributed by atoms with Gasteiger partial charge in [0.2, 0.25) is 5.91 Å². The summed E-state index contributed by atoms with van der Waals surface area (Å²) >= 11 is 0. The first-order chi connectivity index (χ1) is 9.41. The van der Waals surface area contributed by atoms with Gasteiger partial charge in [-0.05, 0) is 19.1 Å². The fraction of sp³-hybridized carbons (Fsp3) is 0.333. The Hall–Kier alpha value is -2.51. The van der Waals surface area contributed by atoms with Gasteiger partial charge in [0.05, 0.1) is 11.0 Å². The first-order valence-corrected chi connectivity index (χ1v) is 5.94. The van der Waals surface area contributed by atoms with Crippen LogP contribution >= 0.6 is 0 Å². The predicted molar refractivity (Wildman–Crippen MR) is 66.6 cm³/mol. The zero-order valence-corrected chi connectivity index (χ0v) is 10.6. The van der Waals surface area contributed by atoms with Crippen molar-refractivity contribution in [3.63, 3.8) is 0 Å². The molecule has 1 unspecified atom stereocenters. The smallest absolute Gasteiger partial charge is 0.285 e. The van der Waals surface area contributed by atoms with Crippen molar-refractivity contribution in [2.24, 2.45) is 0 Å².